The Morgan fingerprint density at radius 2 is 1.96 bits per heavy atom. The molecule has 0 saturated carbocycles. The molecular weight excluding hydrogens is 312 g/mol. The summed E-state index contributed by atoms with van der Waals surface area (Å²) in [6.45, 7) is 2.06. The molecule has 3 aliphatic heterocycles. The summed E-state index contributed by atoms with van der Waals surface area (Å²) in [5.74, 6) is 1.02. The van der Waals surface area contributed by atoms with Crippen LogP contribution in [0.25, 0.3) is 0 Å². The number of para-hydroxylation sites is 1. The summed E-state index contributed by atoms with van der Waals surface area (Å²) in [4.78, 5) is 6.63. The zero-order chi connectivity index (χ0) is 16.9. The number of pyridine rings is 1. The van der Waals surface area contributed by atoms with Gasteiger partial charge in [0.1, 0.15) is 5.75 Å². The molecule has 25 heavy (non-hydrogen) atoms. The van der Waals surface area contributed by atoms with Crippen LogP contribution in [-0.4, -0.2) is 46.5 Å². The van der Waals surface area contributed by atoms with Crippen molar-refractivity contribution in [3.05, 3.63) is 59.9 Å². The highest BCUT2D eigenvalue weighted by Gasteiger charge is 2.51. The molecule has 0 unspecified atom stereocenters. The van der Waals surface area contributed by atoms with E-state index >= 15 is 0 Å². The molecular formula is C20H22N4O. The lowest BCUT2D eigenvalue weighted by atomic mass is 9.91. The van der Waals surface area contributed by atoms with E-state index in [-0.39, 0.29) is 11.8 Å². The molecule has 0 radical (unpaired) electrons. The van der Waals surface area contributed by atoms with Crippen LogP contribution >= 0.6 is 0 Å². The number of fused-ring (bicyclic) bond motifs is 4. The quantitative estimate of drug-likeness (QED) is 0.804. The molecule has 1 saturated heterocycles. The largest absolute Gasteiger partial charge is 0.466 e. The van der Waals surface area contributed by atoms with Gasteiger partial charge in [-0.15, -0.1) is 0 Å². The van der Waals surface area contributed by atoms with Crippen molar-refractivity contribution in [1.29, 1.82) is 0 Å². The topological polar surface area (TPSA) is 41.0 Å². The van der Waals surface area contributed by atoms with E-state index in [2.05, 4.69) is 52.3 Å². The second-order valence-corrected chi connectivity index (χ2v) is 7.24. The summed E-state index contributed by atoms with van der Waals surface area (Å²) in [5, 5.41) is 7.30. The van der Waals surface area contributed by atoms with E-state index in [4.69, 9.17) is 9.84 Å². The molecule has 5 heteroatoms. The molecule has 0 N–H and O–H groups in total. The van der Waals surface area contributed by atoms with Crippen molar-refractivity contribution in [2.24, 2.45) is 5.10 Å². The summed E-state index contributed by atoms with van der Waals surface area (Å²) in [7, 11) is 2.18. The Bertz CT molecular complexity index is 811. The zero-order valence-corrected chi connectivity index (χ0v) is 14.4. The smallest absolute Gasteiger partial charge is 0.200 e. The third-order valence-corrected chi connectivity index (χ3v) is 5.67. The van der Waals surface area contributed by atoms with E-state index < -0.39 is 0 Å². The molecule has 4 heterocycles. The van der Waals surface area contributed by atoms with Crippen LogP contribution in [0.1, 0.15) is 36.4 Å². The fourth-order valence-corrected chi connectivity index (χ4v) is 4.24. The number of hydrazone groups is 1. The van der Waals surface area contributed by atoms with E-state index in [1.54, 1.807) is 0 Å². The standard InChI is InChI=1S/C20H22N4O/c1-23-11-8-20(9-12-23)24-18(16-6-2-3-7-19(16)25-20)13-17(22-24)15-5-4-10-21-14-15/h2-7,10,14,18H,8-9,11-13H2,1H3/t18-/m0/s1. The van der Waals surface area contributed by atoms with Crippen LogP contribution in [0.2, 0.25) is 0 Å². The van der Waals surface area contributed by atoms with Crippen LogP contribution in [0.15, 0.2) is 53.9 Å². The average Bonchev–Trinajstić information content (AvgIpc) is 3.12. The van der Waals surface area contributed by atoms with Gasteiger partial charge in [-0.1, -0.05) is 24.3 Å². The van der Waals surface area contributed by atoms with Gasteiger partial charge in [0.25, 0.3) is 0 Å². The Balaban J connectivity index is 1.59. The SMILES string of the molecule is CN1CCC2(CC1)Oc1ccccc1[C@@H]1CC(c3cccnc3)=NN12. The first-order valence-electron chi connectivity index (χ1n) is 8.99. The van der Waals surface area contributed by atoms with Crippen LogP contribution in [0.4, 0.5) is 0 Å². The van der Waals surface area contributed by atoms with Gasteiger partial charge in [0.05, 0.1) is 11.8 Å². The number of likely N-dealkylation sites (tertiary alicyclic amines) is 1. The van der Waals surface area contributed by atoms with Crippen molar-refractivity contribution in [2.75, 3.05) is 20.1 Å². The second kappa shape index (κ2) is 5.56. The van der Waals surface area contributed by atoms with Gasteiger partial charge >= 0.3 is 0 Å². The molecule has 1 spiro atoms. The van der Waals surface area contributed by atoms with Gasteiger partial charge < -0.3 is 9.64 Å². The number of hydrogen-bond acceptors (Lipinski definition) is 5. The van der Waals surface area contributed by atoms with Crippen LogP contribution < -0.4 is 4.74 Å². The molecule has 1 fully saturated rings. The highest BCUT2D eigenvalue weighted by Crippen LogP contribution is 2.49. The summed E-state index contributed by atoms with van der Waals surface area (Å²) < 4.78 is 6.58. The van der Waals surface area contributed by atoms with Gasteiger partial charge in [-0.3, -0.25) is 4.98 Å². The Morgan fingerprint density at radius 3 is 2.76 bits per heavy atom. The lowest BCUT2D eigenvalue weighted by Crippen LogP contribution is -2.58. The fraction of sp³-hybridized carbons (Fsp3) is 0.400. The summed E-state index contributed by atoms with van der Waals surface area (Å²) in [5.41, 5.74) is 3.14. The molecule has 5 nitrogen and oxygen atoms in total. The predicted octanol–water partition coefficient (Wildman–Crippen LogP) is 3.05. The number of benzene rings is 1. The van der Waals surface area contributed by atoms with E-state index in [0.717, 1.165) is 49.4 Å². The predicted molar refractivity (Wildman–Crippen MR) is 96.5 cm³/mol. The number of nitrogens with zero attached hydrogens (tertiary/aromatic N) is 4. The van der Waals surface area contributed by atoms with E-state index in [9.17, 15) is 0 Å². The Hall–Kier alpha value is -2.40. The number of rotatable bonds is 1. The first-order valence-corrected chi connectivity index (χ1v) is 8.99. The third-order valence-electron chi connectivity index (χ3n) is 5.67. The summed E-state index contributed by atoms with van der Waals surface area (Å²) >= 11 is 0. The van der Waals surface area contributed by atoms with E-state index in [1.807, 2.05) is 18.5 Å². The average molecular weight is 334 g/mol. The molecule has 5 rings (SSSR count). The summed E-state index contributed by atoms with van der Waals surface area (Å²) in [6, 6.07) is 12.8. The number of hydrogen-bond donors (Lipinski definition) is 0. The molecule has 0 amide bonds. The van der Waals surface area contributed by atoms with Crippen LogP contribution in [0.5, 0.6) is 5.75 Å². The molecule has 0 aliphatic carbocycles. The fourth-order valence-electron chi connectivity index (χ4n) is 4.24. The maximum Gasteiger partial charge on any atom is 0.200 e. The van der Waals surface area contributed by atoms with Gasteiger partial charge in [-0.25, -0.2) is 5.01 Å². The molecule has 1 atom stereocenters. The maximum absolute atomic E-state index is 6.58. The van der Waals surface area contributed by atoms with Crippen molar-refractivity contribution >= 4 is 5.71 Å². The number of aromatic nitrogens is 1. The minimum Gasteiger partial charge on any atom is -0.466 e. The first-order chi connectivity index (χ1) is 12.3. The Labute approximate surface area is 147 Å². The second-order valence-electron chi connectivity index (χ2n) is 7.24. The maximum atomic E-state index is 6.58. The van der Waals surface area contributed by atoms with Crippen LogP contribution in [-0.2, 0) is 0 Å². The molecule has 1 aromatic carbocycles. The number of piperidine rings is 1. The van der Waals surface area contributed by atoms with Crippen molar-refractivity contribution in [3.8, 4) is 5.75 Å². The van der Waals surface area contributed by atoms with Crippen LogP contribution in [0.3, 0.4) is 0 Å². The van der Waals surface area contributed by atoms with Crippen molar-refractivity contribution in [3.63, 3.8) is 0 Å². The molecule has 0 bridgehead atoms. The van der Waals surface area contributed by atoms with Crippen molar-refractivity contribution in [1.82, 2.24) is 14.9 Å². The lowest BCUT2D eigenvalue weighted by Gasteiger charge is -2.50. The van der Waals surface area contributed by atoms with Gasteiger partial charge in [-0.05, 0) is 19.2 Å². The van der Waals surface area contributed by atoms with Crippen LogP contribution in [0, 0.1) is 0 Å². The van der Waals surface area contributed by atoms with E-state index in [1.165, 1.54) is 5.56 Å². The van der Waals surface area contributed by atoms with Crippen molar-refractivity contribution < 1.29 is 4.74 Å². The zero-order valence-electron chi connectivity index (χ0n) is 14.4. The van der Waals surface area contributed by atoms with Gasteiger partial charge in [-0.2, -0.15) is 5.10 Å². The number of ether oxygens (including phenoxy) is 1. The molecule has 128 valence electrons. The summed E-state index contributed by atoms with van der Waals surface area (Å²) in [6.07, 6.45) is 6.56. The third kappa shape index (κ3) is 2.34. The van der Waals surface area contributed by atoms with Gasteiger partial charge in [0, 0.05) is 55.9 Å². The molecule has 2 aromatic rings. The molecule has 3 aliphatic rings. The van der Waals surface area contributed by atoms with Gasteiger partial charge in [0.15, 0.2) is 0 Å². The van der Waals surface area contributed by atoms with E-state index in [0.29, 0.717) is 0 Å². The minimum atomic E-state index is -0.324. The minimum absolute atomic E-state index is 0.253. The molecule has 1 aromatic heterocycles. The Kier molecular flexibility index (Phi) is 3.31. The van der Waals surface area contributed by atoms with Crippen molar-refractivity contribution in [2.45, 2.75) is 31.0 Å². The monoisotopic (exact) mass is 334 g/mol. The van der Waals surface area contributed by atoms with Gasteiger partial charge in [0.2, 0.25) is 5.72 Å². The first kappa shape index (κ1) is 14.9. The normalized spacial score (nSPS) is 24.4. The Morgan fingerprint density at radius 1 is 1.12 bits per heavy atom. The highest BCUT2D eigenvalue weighted by molar-refractivity contribution is 6.01. The highest BCUT2D eigenvalue weighted by atomic mass is 16.5. The lowest BCUT2D eigenvalue weighted by molar-refractivity contribution is -0.147.